The zero-order valence-electron chi connectivity index (χ0n) is 24.8. The molecule has 8 atom stereocenters. The van der Waals surface area contributed by atoms with Crippen molar-refractivity contribution in [1.82, 2.24) is 4.98 Å². The Balaban J connectivity index is 1.99. The number of carbonyl (C=O) groups is 1. The smallest absolute Gasteiger partial charge is 0.376 e. The van der Waals surface area contributed by atoms with Crippen molar-refractivity contribution in [3.63, 3.8) is 0 Å². The molecule has 0 aliphatic heterocycles. The average Bonchev–Trinajstić information content (AvgIpc) is 2.88. The zero-order valence-corrected chi connectivity index (χ0v) is 25.7. The number of nitrogens with zero attached hydrogens (tertiary/aromatic N) is 1. The molecule has 2 aliphatic rings. The van der Waals surface area contributed by atoms with Gasteiger partial charge in [0.2, 0.25) is 5.85 Å². The molecule has 1 heterocycles. The number of ether oxygens (including phenoxy) is 1. The van der Waals surface area contributed by atoms with Gasteiger partial charge in [-0.05, 0) is 86.5 Å². The minimum atomic E-state index is -3.95. The maximum Gasteiger partial charge on any atom is 0.376 e. The van der Waals surface area contributed by atoms with Crippen LogP contribution >= 0.6 is 7.60 Å². The van der Waals surface area contributed by atoms with Crippen LogP contribution in [0.5, 0.6) is 0 Å². The second-order valence-electron chi connectivity index (χ2n) is 12.6. The molecule has 2 aliphatic carbocycles. The Bertz CT molecular complexity index is 869. The molecule has 38 heavy (non-hydrogen) atoms. The van der Waals surface area contributed by atoms with E-state index < -0.39 is 13.4 Å². The average molecular weight is 550 g/mol. The molecular formula is C31H52NO5P. The fourth-order valence-electron chi connectivity index (χ4n) is 5.98. The second kappa shape index (κ2) is 14.4. The van der Waals surface area contributed by atoms with Gasteiger partial charge in [-0.25, -0.2) is 0 Å². The summed E-state index contributed by atoms with van der Waals surface area (Å²) in [5.74, 6) is 1.07. The molecule has 1 aromatic rings. The van der Waals surface area contributed by atoms with Gasteiger partial charge >= 0.3 is 13.6 Å². The first-order chi connectivity index (χ1) is 18.0. The van der Waals surface area contributed by atoms with E-state index >= 15 is 4.57 Å². The Labute approximate surface area is 231 Å². The molecule has 0 aromatic carbocycles. The summed E-state index contributed by atoms with van der Waals surface area (Å²) in [4.78, 5) is 17.2. The minimum absolute atomic E-state index is 0.213. The van der Waals surface area contributed by atoms with Gasteiger partial charge in [0, 0.05) is 24.4 Å². The van der Waals surface area contributed by atoms with E-state index in [1.165, 1.54) is 0 Å². The third kappa shape index (κ3) is 8.38. The molecule has 0 spiro atoms. The molecule has 0 bridgehead atoms. The molecule has 0 amide bonds. The van der Waals surface area contributed by atoms with Crippen LogP contribution in [-0.4, -0.2) is 23.2 Å². The van der Waals surface area contributed by atoms with Gasteiger partial charge in [0.15, 0.2) is 0 Å². The highest BCUT2D eigenvalue weighted by atomic mass is 31.2. The van der Waals surface area contributed by atoms with Crippen LogP contribution in [0, 0.1) is 35.5 Å². The predicted molar refractivity (Wildman–Crippen MR) is 153 cm³/mol. The highest BCUT2D eigenvalue weighted by Gasteiger charge is 2.48. The van der Waals surface area contributed by atoms with Gasteiger partial charge < -0.3 is 13.8 Å². The van der Waals surface area contributed by atoms with Crippen molar-refractivity contribution in [2.45, 2.75) is 124 Å². The summed E-state index contributed by atoms with van der Waals surface area (Å²) in [7, 11) is -3.95. The molecule has 1 unspecified atom stereocenters. The van der Waals surface area contributed by atoms with Crippen LogP contribution in [0.4, 0.5) is 0 Å². The number of carbonyl (C=O) groups excluding carboxylic acids is 1. The third-order valence-electron chi connectivity index (χ3n) is 9.01. The predicted octanol–water partition coefficient (Wildman–Crippen LogP) is 8.96. The van der Waals surface area contributed by atoms with Crippen LogP contribution in [0.15, 0.2) is 24.5 Å². The summed E-state index contributed by atoms with van der Waals surface area (Å²) in [5.41, 5.74) is 0.563. The Morgan fingerprint density at radius 3 is 1.97 bits per heavy atom. The standard InChI is InChI=1S/C31H52NO5P/c1-8-9-12-30(33)35-31(27-11-10-17-32-20-27)38(34,36-28-18-25(21(2)3)15-13-23(28)6)37-29-19-26(22(4)5)16-14-24(29)7/h10-11,17,20-26,28-29,31H,8-9,12-16,18-19H2,1-7H3/t23-,24-,25-,26+,28+,29+,31-,38?/m0/s1. The number of rotatable bonds is 12. The number of pyridine rings is 1. The third-order valence-corrected chi connectivity index (χ3v) is 11.1. The van der Waals surface area contributed by atoms with Crippen molar-refractivity contribution in [2.75, 3.05) is 0 Å². The first kappa shape index (κ1) is 31.3. The topological polar surface area (TPSA) is 74.7 Å². The van der Waals surface area contributed by atoms with E-state index in [4.69, 9.17) is 13.8 Å². The lowest BCUT2D eigenvalue weighted by Gasteiger charge is -2.42. The molecule has 0 saturated heterocycles. The Morgan fingerprint density at radius 2 is 1.53 bits per heavy atom. The van der Waals surface area contributed by atoms with Crippen LogP contribution in [0.2, 0.25) is 0 Å². The maximum absolute atomic E-state index is 15.2. The van der Waals surface area contributed by atoms with E-state index in [0.717, 1.165) is 51.4 Å². The van der Waals surface area contributed by atoms with Crippen LogP contribution < -0.4 is 0 Å². The Hall–Kier alpha value is -1.23. The summed E-state index contributed by atoms with van der Waals surface area (Å²) in [5, 5.41) is 0. The number of hydrogen-bond donors (Lipinski definition) is 0. The molecule has 2 fully saturated rings. The summed E-state index contributed by atoms with van der Waals surface area (Å²) in [6.45, 7) is 15.4. The van der Waals surface area contributed by atoms with Gasteiger partial charge in [0.05, 0.1) is 12.2 Å². The molecular weight excluding hydrogens is 497 g/mol. The first-order valence-electron chi connectivity index (χ1n) is 15.1. The number of aromatic nitrogens is 1. The molecule has 7 heteroatoms. The Kier molecular flexibility index (Phi) is 11.9. The Morgan fingerprint density at radius 1 is 0.974 bits per heavy atom. The summed E-state index contributed by atoms with van der Waals surface area (Å²) in [6.07, 6.45) is 10.8. The fraction of sp³-hybridized carbons (Fsp3) is 0.806. The van der Waals surface area contributed by atoms with Crippen molar-refractivity contribution in [3.8, 4) is 0 Å². The lowest BCUT2D eigenvalue weighted by Crippen LogP contribution is -2.35. The van der Waals surface area contributed by atoms with Crippen molar-refractivity contribution in [2.24, 2.45) is 35.5 Å². The van der Waals surface area contributed by atoms with E-state index in [2.05, 4.69) is 46.5 Å². The number of unbranched alkanes of at least 4 members (excludes halogenated alkanes) is 1. The monoisotopic (exact) mass is 549 g/mol. The van der Waals surface area contributed by atoms with Gasteiger partial charge in [-0.3, -0.25) is 14.3 Å². The lowest BCUT2D eigenvalue weighted by molar-refractivity contribution is -0.147. The molecule has 0 N–H and O–H groups in total. The van der Waals surface area contributed by atoms with E-state index in [9.17, 15) is 4.79 Å². The van der Waals surface area contributed by atoms with Crippen LogP contribution in [0.3, 0.4) is 0 Å². The van der Waals surface area contributed by atoms with Gasteiger partial charge in [0.25, 0.3) is 0 Å². The summed E-state index contributed by atoms with van der Waals surface area (Å²) < 4.78 is 34.5. The van der Waals surface area contributed by atoms with Gasteiger partial charge in [-0.2, -0.15) is 0 Å². The van der Waals surface area contributed by atoms with Crippen molar-refractivity contribution in [3.05, 3.63) is 30.1 Å². The minimum Gasteiger partial charge on any atom is -0.444 e. The van der Waals surface area contributed by atoms with Crippen LogP contribution in [0.25, 0.3) is 0 Å². The highest BCUT2D eigenvalue weighted by molar-refractivity contribution is 7.54. The van der Waals surface area contributed by atoms with Gasteiger partial charge in [-0.1, -0.05) is 61.0 Å². The lowest BCUT2D eigenvalue weighted by atomic mass is 9.76. The van der Waals surface area contributed by atoms with E-state index in [1.54, 1.807) is 18.5 Å². The van der Waals surface area contributed by atoms with Crippen LogP contribution in [0.1, 0.15) is 118 Å². The molecule has 216 valence electrons. The van der Waals surface area contributed by atoms with E-state index in [0.29, 0.717) is 29.2 Å². The first-order valence-corrected chi connectivity index (χ1v) is 16.7. The molecule has 3 rings (SSSR count). The SMILES string of the molecule is CCCCC(=O)O[C@H](c1cccnc1)P(=O)(O[C@@H]1C[C@H](C(C)C)CC[C@@H]1C)O[C@@H]1C[C@@H](C(C)C)CC[C@@H]1C. The zero-order chi connectivity index (χ0) is 27.9. The summed E-state index contributed by atoms with van der Waals surface area (Å²) >= 11 is 0. The molecule has 1 aromatic heterocycles. The van der Waals surface area contributed by atoms with Crippen LogP contribution in [-0.2, 0) is 23.1 Å². The highest BCUT2D eigenvalue weighted by Crippen LogP contribution is 2.65. The quantitative estimate of drug-likeness (QED) is 0.191. The normalized spacial score (nSPS) is 30.7. The van der Waals surface area contributed by atoms with Gasteiger partial charge in [0.1, 0.15) is 0 Å². The maximum atomic E-state index is 15.2. The second-order valence-corrected chi connectivity index (χ2v) is 14.6. The van der Waals surface area contributed by atoms with Crippen molar-refractivity contribution >= 4 is 13.6 Å². The molecule has 2 saturated carbocycles. The van der Waals surface area contributed by atoms with Crippen molar-refractivity contribution in [1.29, 1.82) is 0 Å². The van der Waals surface area contributed by atoms with Crippen molar-refractivity contribution < 1.29 is 23.1 Å². The van der Waals surface area contributed by atoms with E-state index in [-0.39, 0.29) is 36.4 Å². The van der Waals surface area contributed by atoms with E-state index in [1.807, 2.05) is 13.0 Å². The molecule has 6 nitrogen and oxygen atoms in total. The number of esters is 1. The fourth-order valence-corrected chi connectivity index (χ4v) is 8.36. The van der Waals surface area contributed by atoms with Gasteiger partial charge in [-0.15, -0.1) is 0 Å². The molecule has 0 radical (unpaired) electrons. The number of hydrogen-bond acceptors (Lipinski definition) is 6. The largest absolute Gasteiger partial charge is 0.444 e. The summed E-state index contributed by atoms with van der Waals surface area (Å²) in [6, 6.07) is 3.59.